The lowest BCUT2D eigenvalue weighted by Gasteiger charge is -2.07. The summed E-state index contributed by atoms with van der Waals surface area (Å²) < 4.78 is 1.91. The topological polar surface area (TPSA) is 72.7 Å². The number of hydrogen-bond donors (Lipinski definition) is 1. The average molecular weight is 374 g/mol. The molecule has 0 saturated carbocycles. The summed E-state index contributed by atoms with van der Waals surface area (Å²) in [6.07, 6.45) is 1.66. The Kier molecular flexibility index (Phi) is 5.50. The molecule has 8 heteroatoms. The Morgan fingerprint density at radius 2 is 2.04 bits per heavy atom. The molecule has 3 rings (SSSR count). The first kappa shape index (κ1) is 17.6. The highest BCUT2D eigenvalue weighted by molar-refractivity contribution is 7.99. The number of amides is 1. The van der Waals surface area contributed by atoms with Crippen molar-refractivity contribution in [3.05, 3.63) is 41.4 Å². The molecule has 0 radical (unpaired) electrons. The van der Waals surface area contributed by atoms with Gasteiger partial charge in [-0.2, -0.15) is 0 Å². The number of thiazole rings is 1. The molecule has 3 aromatic rings. The molecular weight excluding hydrogens is 354 g/mol. The van der Waals surface area contributed by atoms with E-state index < -0.39 is 0 Å². The summed E-state index contributed by atoms with van der Waals surface area (Å²) in [5.41, 5.74) is 2.30. The number of rotatable bonds is 6. The van der Waals surface area contributed by atoms with Crippen molar-refractivity contribution in [2.24, 2.45) is 7.05 Å². The summed E-state index contributed by atoms with van der Waals surface area (Å²) in [5.74, 6) is 1.44. The van der Waals surface area contributed by atoms with E-state index in [-0.39, 0.29) is 11.7 Å². The SMILES string of the molecule is CC(C)c1ccc(-c2nnc(SCC(=O)Nc3nccs3)n2C)cc1. The monoisotopic (exact) mass is 373 g/mol. The van der Waals surface area contributed by atoms with Crippen LogP contribution >= 0.6 is 23.1 Å². The number of nitrogens with zero attached hydrogens (tertiary/aromatic N) is 4. The Labute approximate surface area is 154 Å². The van der Waals surface area contributed by atoms with E-state index >= 15 is 0 Å². The molecule has 130 valence electrons. The maximum absolute atomic E-state index is 12.0. The largest absolute Gasteiger partial charge is 0.305 e. The van der Waals surface area contributed by atoms with Gasteiger partial charge in [-0.05, 0) is 11.5 Å². The molecule has 0 unspecified atom stereocenters. The maximum atomic E-state index is 12.0. The van der Waals surface area contributed by atoms with Crippen LogP contribution in [-0.4, -0.2) is 31.4 Å². The quantitative estimate of drug-likeness (QED) is 0.666. The summed E-state index contributed by atoms with van der Waals surface area (Å²) in [4.78, 5) is 16.0. The Hall–Kier alpha value is -2.19. The number of benzene rings is 1. The fourth-order valence-electron chi connectivity index (χ4n) is 2.28. The summed E-state index contributed by atoms with van der Waals surface area (Å²) in [7, 11) is 1.91. The van der Waals surface area contributed by atoms with E-state index in [0.29, 0.717) is 16.2 Å². The second kappa shape index (κ2) is 7.79. The van der Waals surface area contributed by atoms with Gasteiger partial charge < -0.3 is 9.88 Å². The van der Waals surface area contributed by atoms with Gasteiger partial charge in [0.1, 0.15) is 0 Å². The van der Waals surface area contributed by atoms with Crippen LogP contribution in [0.1, 0.15) is 25.3 Å². The third-order valence-corrected chi connectivity index (χ3v) is 5.39. The second-order valence-electron chi connectivity index (χ2n) is 5.82. The van der Waals surface area contributed by atoms with Gasteiger partial charge in [0.2, 0.25) is 5.91 Å². The summed E-state index contributed by atoms with van der Waals surface area (Å²) in [6.45, 7) is 4.34. The lowest BCUT2D eigenvalue weighted by molar-refractivity contribution is -0.113. The number of anilines is 1. The first-order chi connectivity index (χ1) is 12.0. The summed E-state index contributed by atoms with van der Waals surface area (Å²) in [6, 6.07) is 8.35. The van der Waals surface area contributed by atoms with Crippen LogP contribution in [0.4, 0.5) is 5.13 Å². The fraction of sp³-hybridized carbons (Fsp3) is 0.294. The highest BCUT2D eigenvalue weighted by atomic mass is 32.2. The van der Waals surface area contributed by atoms with Crippen LogP contribution in [0.5, 0.6) is 0 Å². The second-order valence-corrected chi connectivity index (χ2v) is 7.65. The molecule has 25 heavy (non-hydrogen) atoms. The van der Waals surface area contributed by atoms with Crippen molar-refractivity contribution >= 4 is 34.1 Å². The molecule has 0 saturated heterocycles. The van der Waals surface area contributed by atoms with Gasteiger partial charge >= 0.3 is 0 Å². The number of hydrogen-bond acceptors (Lipinski definition) is 6. The molecule has 0 aliphatic heterocycles. The number of carbonyl (C=O) groups excluding carboxylic acids is 1. The standard InChI is InChI=1S/C17H19N5OS2/c1-11(2)12-4-6-13(7-5-12)15-20-21-17(22(15)3)25-10-14(23)19-16-18-8-9-24-16/h4-9,11H,10H2,1-3H3,(H,18,19,23). The van der Waals surface area contributed by atoms with Gasteiger partial charge in [-0.25, -0.2) is 4.98 Å². The van der Waals surface area contributed by atoms with Crippen molar-refractivity contribution in [1.82, 2.24) is 19.7 Å². The molecule has 0 spiro atoms. The molecule has 2 aromatic heterocycles. The molecule has 0 bridgehead atoms. The molecule has 6 nitrogen and oxygen atoms in total. The Balaban J connectivity index is 1.65. The van der Waals surface area contributed by atoms with Crippen LogP contribution in [0.2, 0.25) is 0 Å². The Morgan fingerprint density at radius 3 is 2.68 bits per heavy atom. The van der Waals surface area contributed by atoms with Crippen molar-refractivity contribution in [3.8, 4) is 11.4 Å². The predicted molar refractivity (Wildman–Crippen MR) is 102 cm³/mol. The molecule has 1 aromatic carbocycles. The van der Waals surface area contributed by atoms with Crippen LogP contribution < -0.4 is 5.32 Å². The van der Waals surface area contributed by atoms with Crippen LogP contribution in [0.3, 0.4) is 0 Å². The van der Waals surface area contributed by atoms with Gasteiger partial charge in [0.05, 0.1) is 5.75 Å². The van der Waals surface area contributed by atoms with Gasteiger partial charge in [0.15, 0.2) is 16.1 Å². The third-order valence-electron chi connectivity index (χ3n) is 3.68. The maximum Gasteiger partial charge on any atom is 0.236 e. The number of nitrogens with one attached hydrogen (secondary N) is 1. The van der Waals surface area contributed by atoms with Crippen LogP contribution in [0, 0.1) is 0 Å². The van der Waals surface area contributed by atoms with E-state index in [1.54, 1.807) is 6.20 Å². The highest BCUT2D eigenvalue weighted by Crippen LogP contribution is 2.24. The van der Waals surface area contributed by atoms with Gasteiger partial charge in [-0.3, -0.25) is 4.79 Å². The lowest BCUT2D eigenvalue weighted by Crippen LogP contribution is -2.14. The Morgan fingerprint density at radius 1 is 1.28 bits per heavy atom. The molecule has 1 N–H and O–H groups in total. The van der Waals surface area contributed by atoms with E-state index in [4.69, 9.17) is 0 Å². The predicted octanol–water partition coefficient (Wildman–Crippen LogP) is 3.79. The van der Waals surface area contributed by atoms with Crippen LogP contribution in [-0.2, 0) is 11.8 Å². The minimum atomic E-state index is -0.106. The zero-order valence-corrected chi connectivity index (χ0v) is 15.9. The van der Waals surface area contributed by atoms with E-state index in [1.165, 1.54) is 28.7 Å². The summed E-state index contributed by atoms with van der Waals surface area (Å²) >= 11 is 2.75. The first-order valence-corrected chi connectivity index (χ1v) is 9.73. The van der Waals surface area contributed by atoms with Crippen LogP contribution in [0.25, 0.3) is 11.4 Å². The van der Waals surface area contributed by atoms with E-state index in [9.17, 15) is 4.79 Å². The first-order valence-electron chi connectivity index (χ1n) is 7.86. The smallest absolute Gasteiger partial charge is 0.236 e. The minimum Gasteiger partial charge on any atom is -0.305 e. The van der Waals surface area contributed by atoms with Crippen LogP contribution in [0.15, 0.2) is 41.0 Å². The molecule has 1 amide bonds. The number of thioether (sulfide) groups is 1. The van der Waals surface area contributed by atoms with Gasteiger partial charge in [-0.1, -0.05) is 49.9 Å². The molecular formula is C17H19N5OS2. The molecule has 0 aliphatic rings. The third kappa shape index (κ3) is 4.26. The van der Waals surface area contributed by atoms with E-state index in [1.807, 2.05) is 17.0 Å². The van der Waals surface area contributed by atoms with Gasteiger partial charge in [0.25, 0.3) is 0 Å². The van der Waals surface area contributed by atoms with Crippen molar-refractivity contribution in [1.29, 1.82) is 0 Å². The highest BCUT2D eigenvalue weighted by Gasteiger charge is 2.13. The van der Waals surface area contributed by atoms with E-state index in [0.717, 1.165) is 11.4 Å². The number of aromatic nitrogens is 4. The van der Waals surface area contributed by atoms with Gasteiger partial charge in [-0.15, -0.1) is 21.5 Å². The zero-order valence-electron chi connectivity index (χ0n) is 14.3. The van der Waals surface area contributed by atoms with Crippen molar-refractivity contribution in [2.45, 2.75) is 24.9 Å². The minimum absolute atomic E-state index is 0.106. The number of carbonyl (C=O) groups is 1. The van der Waals surface area contributed by atoms with Crippen molar-refractivity contribution in [2.75, 3.05) is 11.1 Å². The lowest BCUT2D eigenvalue weighted by atomic mass is 10.0. The molecule has 2 heterocycles. The normalized spacial score (nSPS) is 11.0. The zero-order chi connectivity index (χ0) is 17.8. The fourth-order valence-corrected chi connectivity index (χ4v) is 3.54. The van der Waals surface area contributed by atoms with Crippen molar-refractivity contribution < 1.29 is 4.79 Å². The van der Waals surface area contributed by atoms with E-state index in [2.05, 4.69) is 58.6 Å². The Bertz CT molecular complexity index is 841. The summed E-state index contributed by atoms with van der Waals surface area (Å²) in [5, 5.41) is 14.4. The molecule has 0 atom stereocenters. The molecule has 0 fully saturated rings. The van der Waals surface area contributed by atoms with Gasteiger partial charge in [0, 0.05) is 24.2 Å². The molecule has 0 aliphatic carbocycles. The average Bonchev–Trinajstić information content (AvgIpc) is 3.23. The van der Waals surface area contributed by atoms with Crippen molar-refractivity contribution in [3.63, 3.8) is 0 Å².